The minimum atomic E-state index is 0.733. The molecule has 0 fully saturated rings. The molecule has 0 amide bonds. The van der Waals surface area contributed by atoms with Crippen molar-refractivity contribution in [2.75, 3.05) is 33.9 Å². The topological polar surface area (TPSA) is 24.8 Å². The number of allylic oxidation sites excluding steroid dienone is 1. The minimum absolute atomic E-state index is 0.733. The molecule has 0 bridgehead atoms. The summed E-state index contributed by atoms with van der Waals surface area (Å²) in [7, 11) is 3.73. The summed E-state index contributed by atoms with van der Waals surface area (Å²) in [6.07, 6.45) is 4.01. The smallest absolute Gasteiger partial charge is 0.122 e. The maximum atomic E-state index is 5.00. The van der Waals surface area contributed by atoms with E-state index in [9.17, 15) is 0 Å². The van der Waals surface area contributed by atoms with Gasteiger partial charge in [-0.15, -0.1) is 0 Å². The number of ether oxygens (including phenoxy) is 1. The highest BCUT2D eigenvalue weighted by Gasteiger charge is 2.00. The zero-order valence-electron chi connectivity index (χ0n) is 9.08. The molecule has 0 aliphatic carbocycles. The number of hydrogen-bond acceptors (Lipinski definition) is 2. The summed E-state index contributed by atoms with van der Waals surface area (Å²) in [6.45, 7) is 6.45. The van der Waals surface area contributed by atoms with Gasteiger partial charge in [-0.3, -0.25) is 4.99 Å². The Hall–Kier alpha value is -0.830. The van der Waals surface area contributed by atoms with Gasteiger partial charge in [0.05, 0.1) is 6.61 Å². The molecule has 0 radical (unpaired) electrons. The molecule has 0 saturated heterocycles. The maximum absolute atomic E-state index is 5.00. The lowest BCUT2D eigenvalue weighted by atomic mass is 10.4. The Labute approximate surface area is 81.1 Å². The second-order valence-corrected chi connectivity index (χ2v) is 2.75. The van der Waals surface area contributed by atoms with Gasteiger partial charge in [0.15, 0.2) is 0 Å². The Bertz CT molecular complexity index is 176. The Morgan fingerprint density at radius 2 is 2.23 bits per heavy atom. The fourth-order valence-electron chi connectivity index (χ4n) is 0.954. The molecular weight excluding hydrogens is 164 g/mol. The van der Waals surface area contributed by atoms with Crippen molar-refractivity contribution in [2.24, 2.45) is 4.99 Å². The summed E-state index contributed by atoms with van der Waals surface area (Å²) >= 11 is 0. The van der Waals surface area contributed by atoms with Crippen LogP contribution in [-0.4, -0.2) is 44.6 Å². The van der Waals surface area contributed by atoms with Crippen LogP contribution < -0.4 is 0 Å². The SMILES string of the molecule is C/C=C\C(=N/CC)N(C)CCOC. The number of methoxy groups -OCH3 is 1. The molecule has 0 unspecified atom stereocenters. The van der Waals surface area contributed by atoms with E-state index in [1.165, 1.54) is 0 Å². The van der Waals surface area contributed by atoms with Gasteiger partial charge in [0.25, 0.3) is 0 Å². The first-order valence-corrected chi connectivity index (χ1v) is 4.63. The molecule has 0 aliphatic rings. The lowest BCUT2D eigenvalue weighted by Gasteiger charge is -2.18. The Kier molecular flexibility index (Phi) is 7.30. The van der Waals surface area contributed by atoms with E-state index in [2.05, 4.69) is 9.89 Å². The monoisotopic (exact) mass is 184 g/mol. The van der Waals surface area contributed by atoms with Crippen LogP contribution in [-0.2, 0) is 4.74 Å². The lowest BCUT2D eigenvalue weighted by Crippen LogP contribution is -2.28. The van der Waals surface area contributed by atoms with Crippen LogP contribution in [0.1, 0.15) is 13.8 Å². The Morgan fingerprint density at radius 1 is 1.54 bits per heavy atom. The number of rotatable bonds is 5. The predicted octanol–water partition coefficient (Wildman–Crippen LogP) is 1.56. The van der Waals surface area contributed by atoms with E-state index in [0.29, 0.717) is 0 Å². The van der Waals surface area contributed by atoms with Gasteiger partial charge in [-0.1, -0.05) is 6.08 Å². The van der Waals surface area contributed by atoms with Crippen LogP contribution in [0.3, 0.4) is 0 Å². The largest absolute Gasteiger partial charge is 0.383 e. The standard InChI is InChI=1S/C10H20N2O/c1-5-7-10(11-6-2)12(3)8-9-13-4/h5,7H,6,8-9H2,1-4H3/b7-5-,11-10+. The first-order valence-electron chi connectivity index (χ1n) is 4.63. The van der Waals surface area contributed by atoms with E-state index in [1.807, 2.05) is 33.0 Å². The highest BCUT2D eigenvalue weighted by atomic mass is 16.5. The third-order valence-corrected chi connectivity index (χ3v) is 1.66. The molecule has 13 heavy (non-hydrogen) atoms. The second-order valence-electron chi connectivity index (χ2n) is 2.75. The van der Waals surface area contributed by atoms with Crippen molar-refractivity contribution >= 4 is 5.84 Å². The maximum Gasteiger partial charge on any atom is 0.122 e. The molecule has 0 aromatic carbocycles. The van der Waals surface area contributed by atoms with E-state index < -0.39 is 0 Å². The fourth-order valence-corrected chi connectivity index (χ4v) is 0.954. The van der Waals surface area contributed by atoms with E-state index in [4.69, 9.17) is 4.74 Å². The third-order valence-electron chi connectivity index (χ3n) is 1.66. The van der Waals surface area contributed by atoms with E-state index in [0.717, 1.165) is 25.5 Å². The molecule has 0 aromatic heterocycles. The van der Waals surface area contributed by atoms with Crippen molar-refractivity contribution < 1.29 is 4.74 Å². The Morgan fingerprint density at radius 3 is 2.69 bits per heavy atom. The highest BCUT2D eigenvalue weighted by molar-refractivity contribution is 5.92. The lowest BCUT2D eigenvalue weighted by molar-refractivity contribution is 0.183. The zero-order valence-corrected chi connectivity index (χ0v) is 9.08. The molecule has 3 heteroatoms. The van der Waals surface area contributed by atoms with Crippen LogP contribution in [0.5, 0.6) is 0 Å². The molecule has 0 atom stereocenters. The van der Waals surface area contributed by atoms with Crippen molar-refractivity contribution in [3.63, 3.8) is 0 Å². The van der Waals surface area contributed by atoms with Gasteiger partial charge < -0.3 is 9.64 Å². The Balaban J connectivity index is 4.11. The number of hydrogen-bond donors (Lipinski definition) is 0. The van der Waals surface area contributed by atoms with Gasteiger partial charge in [0.1, 0.15) is 5.84 Å². The van der Waals surface area contributed by atoms with Crippen LogP contribution >= 0.6 is 0 Å². The minimum Gasteiger partial charge on any atom is -0.383 e. The van der Waals surface area contributed by atoms with Gasteiger partial charge in [-0.2, -0.15) is 0 Å². The van der Waals surface area contributed by atoms with Gasteiger partial charge in [-0.25, -0.2) is 0 Å². The summed E-state index contributed by atoms with van der Waals surface area (Å²) in [5, 5.41) is 0. The first-order chi connectivity index (χ1) is 6.26. The average Bonchev–Trinajstić information content (AvgIpc) is 2.14. The van der Waals surface area contributed by atoms with Crippen LogP contribution in [0, 0.1) is 0 Å². The van der Waals surface area contributed by atoms with Crippen LogP contribution in [0.2, 0.25) is 0 Å². The average molecular weight is 184 g/mol. The quantitative estimate of drug-likeness (QED) is 0.478. The summed E-state index contributed by atoms with van der Waals surface area (Å²) in [5.41, 5.74) is 0. The van der Waals surface area contributed by atoms with Crippen LogP contribution in [0.4, 0.5) is 0 Å². The molecule has 0 spiro atoms. The van der Waals surface area contributed by atoms with Gasteiger partial charge in [0.2, 0.25) is 0 Å². The molecule has 76 valence electrons. The molecule has 0 rings (SSSR count). The highest BCUT2D eigenvalue weighted by Crippen LogP contribution is 1.91. The van der Waals surface area contributed by atoms with Crippen LogP contribution in [0.25, 0.3) is 0 Å². The number of likely N-dealkylation sites (N-methyl/N-ethyl adjacent to an activating group) is 1. The van der Waals surface area contributed by atoms with Gasteiger partial charge in [-0.05, 0) is 19.9 Å². The molecule has 3 nitrogen and oxygen atoms in total. The summed E-state index contributed by atoms with van der Waals surface area (Å²) < 4.78 is 5.00. The van der Waals surface area contributed by atoms with Crippen molar-refractivity contribution in [1.82, 2.24) is 4.90 Å². The molecular formula is C10H20N2O. The zero-order chi connectivity index (χ0) is 10.1. The van der Waals surface area contributed by atoms with Crippen molar-refractivity contribution in [3.05, 3.63) is 12.2 Å². The fraction of sp³-hybridized carbons (Fsp3) is 0.700. The molecule has 0 heterocycles. The van der Waals surface area contributed by atoms with Gasteiger partial charge in [0, 0.05) is 27.2 Å². The van der Waals surface area contributed by atoms with Gasteiger partial charge >= 0.3 is 0 Å². The van der Waals surface area contributed by atoms with E-state index >= 15 is 0 Å². The summed E-state index contributed by atoms with van der Waals surface area (Å²) in [4.78, 5) is 6.46. The molecule has 0 aromatic rings. The predicted molar refractivity (Wildman–Crippen MR) is 57.3 cm³/mol. The van der Waals surface area contributed by atoms with E-state index in [1.54, 1.807) is 7.11 Å². The molecule has 0 N–H and O–H groups in total. The third kappa shape index (κ3) is 5.42. The molecule has 0 saturated carbocycles. The molecule has 0 aliphatic heterocycles. The number of amidine groups is 1. The normalized spacial score (nSPS) is 12.5. The van der Waals surface area contributed by atoms with Crippen molar-refractivity contribution in [1.29, 1.82) is 0 Å². The summed E-state index contributed by atoms with van der Waals surface area (Å²) in [6, 6.07) is 0. The number of nitrogens with zero attached hydrogens (tertiary/aromatic N) is 2. The van der Waals surface area contributed by atoms with E-state index in [-0.39, 0.29) is 0 Å². The second kappa shape index (κ2) is 7.80. The van der Waals surface area contributed by atoms with Crippen molar-refractivity contribution in [3.8, 4) is 0 Å². The van der Waals surface area contributed by atoms with Crippen LogP contribution in [0.15, 0.2) is 17.1 Å². The number of aliphatic imine (C=N–C) groups is 1. The summed E-state index contributed by atoms with van der Waals surface area (Å²) in [5.74, 6) is 1.02. The first kappa shape index (κ1) is 12.2. The van der Waals surface area contributed by atoms with Crippen molar-refractivity contribution in [2.45, 2.75) is 13.8 Å².